The molecule has 4 nitrogen and oxygen atoms in total. The van der Waals surface area contributed by atoms with Gasteiger partial charge in [-0.25, -0.2) is 0 Å². The van der Waals surface area contributed by atoms with Crippen LogP contribution in [-0.4, -0.2) is 30.2 Å². The van der Waals surface area contributed by atoms with Gasteiger partial charge in [0.25, 0.3) is 0 Å². The molecule has 1 aromatic rings. The Bertz CT molecular complexity index is 336. The van der Waals surface area contributed by atoms with Crippen molar-refractivity contribution in [2.75, 3.05) is 13.1 Å². The standard InChI is InChI=1S/C11H18N2O2S/c1-11(2,9-4-3-5-16-9)7-13-6-8(12)10(14)15/h3-5,8,13H,6-7,12H2,1-2H3,(H,14,15). The number of nitrogens with two attached hydrogens (primary N) is 1. The van der Waals surface area contributed by atoms with E-state index in [0.717, 1.165) is 0 Å². The zero-order chi connectivity index (χ0) is 12.2. The third-order valence-electron chi connectivity index (χ3n) is 2.44. The van der Waals surface area contributed by atoms with Gasteiger partial charge in [0.05, 0.1) is 0 Å². The van der Waals surface area contributed by atoms with Gasteiger partial charge in [0.2, 0.25) is 0 Å². The first-order valence-electron chi connectivity index (χ1n) is 5.16. The Morgan fingerprint density at radius 2 is 2.38 bits per heavy atom. The van der Waals surface area contributed by atoms with Crippen molar-refractivity contribution < 1.29 is 9.90 Å². The summed E-state index contributed by atoms with van der Waals surface area (Å²) >= 11 is 1.71. The molecule has 0 spiro atoms. The van der Waals surface area contributed by atoms with Gasteiger partial charge in [0.15, 0.2) is 0 Å². The Kier molecular flexibility index (Phi) is 4.46. The molecule has 1 aromatic heterocycles. The number of rotatable bonds is 6. The zero-order valence-electron chi connectivity index (χ0n) is 9.56. The van der Waals surface area contributed by atoms with Gasteiger partial charge in [0, 0.05) is 23.4 Å². The van der Waals surface area contributed by atoms with E-state index in [2.05, 4.69) is 25.2 Å². The average Bonchev–Trinajstić information content (AvgIpc) is 2.70. The predicted octanol–water partition coefficient (Wildman–Crippen LogP) is 1.03. The minimum absolute atomic E-state index is 0.00634. The third-order valence-corrected chi connectivity index (χ3v) is 3.67. The lowest BCUT2D eigenvalue weighted by atomic mass is 9.91. The highest BCUT2D eigenvalue weighted by Gasteiger charge is 2.22. The van der Waals surface area contributed by atoms with Gasteiger partial charge < -0.3 is 16.2 Å². The number of carboxylic acids is 1. The van der Waals surface area contributed by atoms with Crippen molar-refractivity contribution in [3.8, 4) is 0 Å². The summed E-state index contributed by atoms with van der Waals surface area (Å²) in [6.45, 7) is 5.26. The van der Waals surface area contributed by atoms with Crippen molar-refractivity contribution >= 4 is 17.3 Å². The van der Waals surface area contributed by atoms with Gasteiger partial charge in [-0.3, -0.25) is 4.79 Å². The number of aliphatic carboxylic acids is 1. The molecule has 5 heteroatoms. The van der Waals surface area contributed by atoms with Crippen LogP contribution in [0.1, 0.15) is 18.7 Å². The largest absolute Gasteiger partial charge is 0.480 e. The minimum Gasteiger partial charge on any atom is -0.480 e. The van der Waals surface area contributed by atoms with Crippen LogP contribution in [0.25, 0.3) is 0 Å². The molecule has 1 unspecified atom stereocenters. The van der Waals surface area contributed by atoms with Crippen LogP contribution < -0.4 is 11.1 Å². The lowest BCUT2D eigenvalue weighted by Gasteiger charge is -2.24. The van der Waals surface area contributed by atoms with Gasteiger partial charge in [-0.05, 0) is 11.4 Å². The summed E-state index contributed by atoms with van der Waals surface area (Å²) in [4.78, 5) is 11.8. The molecule has 90 valence electrons. The van der Waals surface area contributed by atoms with Gasteiger partial charge in [0.1, 0.15) is 6.04 Å². The van der Waals surface area contributed by atoms with E-state index in [0.29, 0.717) is 13.1 Å². The normalized spacial score (nSPS) is 13.7. The van der Waals surface area contributed by atoms with Crippen LogP contribution in [0, 0.1) is 0 Å². The average molecular weight is 242 g/mol. The Balaban J connectivity index is 2.40. The summed E-state index contributed by atoms with van der Waals surface area (Å²) in [5.74, 6) is -0.971. The fourth-order valence-electron chi connectivity index (χ4n) is 1.38. The molecule has 1 atom stereocenters. The highest BCUT2D eigenvalue weighted by atomic mass is 32.1. The van der Waals surface area contributed by atoms with E-state index in [9.17, 15) is 4.79 Å². The number of nitrogens with one attached hydrogen (secondary N) is 1. The maximum Gasteiger partial charge on any atom is 0.321 e. The van der Waals surface area contributed by atoms with E-state index >= 15 is 0 Å². The van der Waals surface area contributed by atoms with Crippen LogP contribution in [0.2, 0.25) is 0 Å². The summed E-state index contributed by atoms with van der Waals surface area (Å²) < 4.78 is 0. The van der Waals surface area contributed by atoms with Crippen LogP contribution in [0.3, 0.4) is 0 Å². The first-order chi connectivity index (χ1) is 7.43. The van der Waals surface area contributed by atoms with Crippen LogP contribution >= 0.6 is 11.3 Å². The highest BCUT2D eigenvalue weighted by molar-refractivity contribution is 7.10. The van der Waals surface area contributed by atoms with Crippen molar-refractivity contribution in [1.82, 2.24) is 5.32 Å². The maximum atomic E-state index is 10.5. The van der Waals surface area contributed by atoms with Crippen LogP contribution in [0.4, 0.5) is 0 Å². The number of hydrogen-bond donors (Lipinski definition) is 3. The molecule has 0 bridgehead atoms. The summed E-state index contributed by atoms with van der Waals surface area (Å²) in [7, 11) is 0. The summed E-state index contributed by atoms with van der Waals surface area (Å²) in [5, 5.41) is 13.8. The van der Waals surface area contributed by atoms with E-state index in [-0.39, 0.29) is 5.41 Å². The predicted molar refractivity (Wildman–Crippen MR) is 65.8 cm³/mol. The molecule has 1 rings (SSSR count). The van der Waals surface area contributed by atoms with Gasteiger partial charge in [-0.15, -0.1) is 11.3 Å². The second-order valence-corrected chi connectivity index (χ2v) is 5.38. The molecule has 4 N–H and O–H groups in total. The number of thiophene rings is 1. The van der Waals surface area contributed by atoms with E-state index in [1.54, 1.807) is 11.3 Å². The van der Waals surface area contributed by atoms with Crippen molar-refractivity contribution in [3.05, 3.63) is 22.4 Å². The van der Waals surface area contributed by atoms with E-state index in [1.807, 2.05) is 11.4 Å². The monoisotopic (exact) mass is 242 g/mol. The zero-order valence-corrected chi connectivity index (χ0v) is 10.4. The highest BCUT2D eigenvalue weighted by Crippen LogP contribution is 2.26. The van der Waals surface area contributed by atoms with E-state index in [4.69, 9.17) is 10.8 Å². The van der Waals surface area contributed by atoms with Gasteiger partial charge in [-0.2, -0.15) is 0 Å². The molecule has 0 saturated heterocycles. The maximum absolute atomic E-state index is 10.5. The molecular weight excluding hydrogens is 224 g/mol. The SMILES string of the molecule is CC(C)(CNCC(N)C(=O)O)c1cccs1. The molecule has 0 fully saturated rings. The fraction of sp³-hybridized carbons (Fsp3) is 0.545. The fourth-order valence-corrected chi connectivity index (χ4v) is 2.23. The molecule has 0 amide bonds. The van der Waals surface area contributed by atoms with Gasteiger partial charge >= 0.3 is 5.97 Å². The second-order valence-electron chi connectivity index (χ2n) is 4.44. The first-order valence-corrected chi connectivity index (χ1v) is 6.04. The number of hydrogen-bond acceptors (Lipinski definition) is 4. The van der Waals surface area contributed by atoms with Crippen molar-refractivity contribution in [3.63, 3.8) is 0 Å². The lowest BCUT2D eigenvalue weighted by molar-refractivity contribution is -0.138. The summed E-state index contributed by atoms with van der Waals surface area (Å²) in [6, 6.07) is 3.27. The Morgan fingerprint density at radius 3 is 2.88 bits per heavy atom. The molecule has 0 aliphatic carbocycles. The molecule has 0 aromatic carbocycles. The number of carboxylic acid groups (broad SMARTS) is 1. The Morgan fingerprint density at radius 1 is 1.69 bits per heavy atom. The third kappa shape index (κ3) is 3.59. The topological polar surface area (TPSA) is 75.3 Å². The van der Waals surface area contributed by atoms with Crippen molar-refractivity contribution in [2.45, 2.75) is 25.3 Å². The molecule has 1 heterocycles. The van der Waals surface area contributed by atoms with E-state index < -0.39 is 12.0 Å². The second kappa shape index (κ2) is 5.43. The van der Waals surface area contributed by atoms with Crippen molar-refractivity contribution in [2.24, 2.45) is 5.73 Å². The molecule has 0 saturated carbocycles. The Labute approximate surface area is 99.5 Å². The molecule has 0 radical (unpaired) electrons. The quantitative estimate of drug-likeness (QED) is 0.696. The lowest BCUT2D eigenvalue weighted by Crippen LogP contribution is -2.43. The smallest absolute Gasteiger partial charge is 0.321 e. The van der Waals surface area contributed by atoms with Gasteiger partial charge in [-0.1, -0.05) is 19.9 Å². The molecular formula is C11H18N2O2S. The molecule has 0 aliphatic heterocycles. The van der Waals surface area contributed by atoms with E-state index in [1.165, 1.54) is 4.88 Å². The first kappa shape index (κ1) is 13.2. The molecule has 16 heavy (non-hydrogen) atoms. The van der Waals surface area contributed by atoms with Crippen LogP contribution in [-0.2, 0) is 10.2 Å². The number of carbonyl (C=O) groups is 1. The Hall–Kier alpha value is -0.910. The minimum atomic E-state index is -0.971. The summed E-state index contributed by atoms with van der Waals surface area (Å²) in [6.07, 6.45) is 0. The van der Waals surface area contributed by atoms with Crippen LogP contribution in [0.5, 0.6) is 0 Å². The van der Waals surface area contributed by atoms with Crippen LogP contribution in [0.15, 0.2) is 17.5 Å². The van der Waals surface area contributed by atoms with Crippen molar-refractivity contribution in [1.29, 1.82) is 0 Å². The summed E-state index contributed by atoms with van der Waals surface area (Å²) in [5.41, 5.74) is 5.41. The molecule has 0 aliphatic rings.